The average Bonchev–Trinajstić information content (AvgIpc) is 3.08. The second-order valence-corrected chi connectivity index (χ2v) is 7.83. The number of ether oxygens (including phenoxy) is 1. The van der Waals surface area contributed by atoms with Gasteiger partial charge in [-0.25, -0.2) is 0 Å². The summed E-state index contributed by atoms with van der Waals surface area (Å²) < 4.78 is 7.95. The Bertz CT molecular complexity index is 820. The molecule has 4 rings (SSSR count). The molecule has 1 fully saturated rings. The van der Waals surface area contributed by atoms with Crippen molar-refractivity contribution in [3.63, 3.8) is 0 Å². The third-order valence-corrected chi connectivity index (χ3v) is 5.86. The van der Waals surface area contributed by atoms with Crippen LogP contribution >= 0.6 is 11.6 Å². The van der Waals surface area contributed by atoms with Crippen LogP contribution in [0.15, 0.2) is 30.6 Å². The molecule has 0 radical (unpaired) electrons. The molecule has 2 atom stereocenters. The molecular weight excluding hydrogens is 362 g/mol. The van der Waals surface area contributed by atoms with Crippen LogP contribution in [0.2, 0.25) is 5.02 Å². The van der Waals surface area contributed by atoms with Gasteiger partial charge in [-0.15, -0.1) is 0 Å². The van der Waals surface area contributed by atoms with E-state index in [4.69, 9.17) is 16.3 Å². The van der Waals surface area contributed by atoms with Crippen molar-refractivity contribution >= 4 is 23.2 Å². The molecule has 27 heavy (non-hydrogen) atoms. The SMILES string of the molecule is CCn1cc([C@@H]2OCCC[C@H]2C(=O)N2CCCCc3cc(Cl)ccc32)cn1. The molecule has 0 bridgehead atoms. The smallest absolute Gasteiger partial charge is 0.233 e. The molecule has 1 aromatic carbocycles. The van der Waals surface area contributed by atoms with E-state index in [0.29, 0.717) is 6.61 Å². The minimum absolute atomic E-state index is 0.162. The lowest BCUT2D eigenvalue weighted by molar-refractivity contribution is -0.132. The summed E-state index contributed by atoms with van der Waals surface area (Å²) in [6.07, 6.45) is 8.44. The van der Waals surface area contributed by atoms with E-state index in [1.807, 2.05) is 40.2 Å². The summed E-state index contributed by atoms with van der Waals surface area (Å²) in [5.41, 5.74) is 3.18. The highest BCUT2D eigenvalue weighted by Gasteiger charge is 2.37. The Morgan fingerprint density at radius 3 is 3.04 bits per heavy atom. The van der Waals surface area contributed by atoms with Crippen molar-refractivity contribution in [1.29, 1.82) is 0 Å². The van der Waals surface area contributed by atoms with Crippen LogP contribution in [-0.2, 0) is 22.5 Å². The van der Waals surface area contributed by atoms with Crippen molar-refractivity contribution in [2.75, 3.05) is 18.1 Å². The molecule has 0 N–H and O–H groups in total. The highest BCUT2D eigenvalue weighted by Crippen LogP contribution is 2.37. The zero-order valence-electron chi connectivity index (χ0n) is 15.7. The first-order valence-corrected chi connectivity index (χ1v) is 10.3. The number of hydrogen-bond acceptors (Lipinski definition) is 3. The normalized spacial score (nSPS) is 23.0. The highest BCUT2D eigenvalue weighted by molar-refractivity contribution is 6.30. The van der Waals surface area contributed by atoms with Gasteiger partial charge in [-0.1, -0.05) is 11.6 Å². The lowest BCUT2D eigenvalue weighted by Gasteiger charge is -2.34. The zero-order valence-corrected chi connectivity index (χ0v) is 16.5. The Balaban J connectivity index is 1.64. The van der Waals surface area contributed by atoms with Crippen molar-refractivity contribution in [2.45, 2.75) is 51.7 Å². The summed E-state index contributed by atoms with van der Waals surface area (Å²) >= 11 is 6.19. The molecule has 2 aliphatic heterocycles. The predicted molar refractivity (Wildman–Crippen MR) is 106 cm³/mol. The van der Waals surface area contributed by atoms with E-state index in [-0.39, 0.29) is 17.9 Å². The Kier molecular flexibility index (Phi) is 5.50. The van der Waals surface area contributed by atoms with Gasteiger partial charge in [-0.3, -0.25) is 9.48 Å². The fourth-order valence-corrected chi connectivity index (χ4v) is 4.41. The lowest BCUT2D eigenvalue weighted by atomic mass is 9.89. The first kappa shape index (κ1) is 18.5. The molecule has 0 unspecified atom stereocenters. The molecule has 6 heteroatoms. The number of anilines is 1. The molecule has 1 aromatic heterocycles. The van der Waals surface area contributed by atoms with Gasteiger partial charge in [0.25, 0.3) is 0 Å². The number of carbonyl (C=O) groups excluding carboxylic acids is 1. The van der Waals surface area contributed by atoms with Crippen molar-refractivity contribution in [3.8, 4) is 0 Å². The van der Waals surface area contributed by atoms with Gasteiger partial charge in [-0.2, -0.15) is 5.10 Å². The molecular formula is C21H26ClN3O2. The molecule has 0 spiro atoms. The van der Waals surface area contributed by atoms with Gasteiger partial charge < -0.3 is 9.64 Å². The topological polar surface area (TPSA) is 47.4 Å². The van der Waals surface area contributed by atoms with Gasteiger partial charge in [-0.05, 0) is 62.8 Å². The van der Waals surface area contributed by atoms with Crippen LogP contribution in [0.3, 0.4) is 0 Å². The molecule has 2 aliphatic rings. The third-order valence-electron chi connectivity index (χ3n) is 5.62. The van der Waals surface area contributed by atoms with E-state index in [0.717, 1.165) is 61.5 Å². The van der Waals surface area contributed by atoms with Crippen LogP contribution in [0, 0.1) is 5.92 Å². The summed E-state index contributed by atoms with van der Waals surface area (Å²) in [7, 11) is 0. The van der Waals surface area contributed by atoms with E-state index in [9.17, 15) is 4.79 Å². The fourth-order valence-electron chi connectivity index (χ4n) is 4.21. The Labute approximate surface area is 165 Å². The van der Waals surface area contributed by atoms with Crippen molar-refractivity contribution < 1.29 is 9.53 Å². The second kappa shape index (κ2) is 8.03. The van der Waals surface area contributed by atoms with Gasteiger partial charge in [0, 0.05) is 42.2 Å². The summed E-state index contributed by atoms with van der Waals surface area (Å²) in [5.74, 6) is -0.00990. The third kappa shape index (κ3) is 3.76. The number of amides is 1. The first-order chi connectivity index (χ1) is 13.2. The maximum absolute atomic E-state index is 13.6. The van der Waals surface area contributed by atoms with E-state index in [1.54, 1.807) is 0 Å². The molecule has 3 heterocycles. The fraction of sp³-hybridized carbons (Fsp3) is 0.524. The number of hydrogen-bond donors (Lipinski definition) is 0. The number of aryl methyl sites for hydroxylation is 2. The number of rotatable bonds is 3. The van der Waals surface area contributed by atoms with Crippen LogP contribution in [0.5, 0.6) is 0 Å². The minimum atomic E-state index is -0.217. The number of nitrogens with zero attached hydrogens (tertiary/aromatic N) is 3. The largest absolute Gasteiger partial charge is 0.373 e. The van der Waals surface area contributed by atoms with Crippen molar-refractivity contribution in [3.05, 3.63) is 46.7 Å². The Hall–Kier alpha value is -1.85. The van der Waals surface area contributed by atoms with E-state index >= 15 is 0 Å². The molecule has 1 amide bonds. The zero-order chi connectivity index (χ0) is 18.8. The van der Waals surface area contributed by atoms with Crippen LogP contribution < -0.4 is 4.90 Å². The van der Waals surface area contributed by atoms with Crippen LogP contribution in [0.25, 0.3) is 0 Å². The van der Waals surface area contributed by atoms with E-state index in [2.05, 4.69) is 12.0 Å². The monoisotopic (exact) mass is 387 g/mol. The number of aromatic nitrogens is 2. The number of fused-ring (bicyclic) bond motifs is 1. The minimum Gasteiger partial charge on any atom is -0.373 e. The molecule has 144 valence electrons. The van der Waals surface area contributed by atoms with Crippen LogP contribution in [0.1, 0.15) is 49.8 Å². The first-order valence-electron chi connectivity index (χ1n) is 9.91. The lowest BCUT2D eigenvalue weighted by Crippen LogP contribution is -2.41. The molecule has 1 saturated heterocycles. The molecule has 0 saturated carbocycles. The summed E-state index contributed by atoms with van der Waals surface area (Å²) in [6, 6.07) is 5.88. The van der Waals surface area contributed by atoms with Crippen molar-refractivity contribution in [2.24, 2.45) is 5.92 Å². The van der Waals surface area contributed by atoms with E-state index in [1.165, 1.54) is 5.56 Å². The van der Waals surface area contributed by atoms with Crippen LogP contribution in [-0.4, -0.2) is 28.8 Å². The van der Waals surface area contributed by atoms with Gasteiger partial charge >= 0.3 is 0 Å². The predicted octanol–water partition coefficient (Wildman–Crippen LogP) is 4.39. The summed E-state index contributed by atoms with van der Waals surface area (Å²) in [5, 5.41) is 5.10. The maximum atomic E-state index is 13.6. The van der Waals surface area contributed by atoms with Crippen molar-refractivity contribution in [1.82, 2.24) is 9.78 Å². The van der Waals surface area contributed by atoms with Gasteiger partial charge in [0.15, 0.2) is 0 Å². The van der Waals surface area contributed by atoms with Gasteiger partial charge in [0.2, 0.25) is 5.91 Å². The molecule has 5 nitrogen and oxygen atoms in total. The Morgan fingerprint density at radius 1 is 1.33 bits per heavy atom. The van der Waals surface area contributed by atoms with Crippen LogP contribution in [0.4, 0.5) is 5.69 Å². The summed E-state index contributed by atoms with van der Waals surface area (Å²) in [4.78, 5) is 15.6. The maximum Gasteiger partial charge on any atom is 0.233 e. The second-order valence-electron chi connectivity index (χ2n) is 7.39. The number of halogens is 1. The number of benzene rings is 1. The van der Waals surface area contributed by atoms with Gasteiger partial charge in [0.1, 0.15) is 0 Å². The average molecular weight is 388 g/mol. The van der Waals surface area contributed by atoms with Gasteiger partial charge in [0.05, 0.1) is 18.2 Å². The quantitative estimate of drug-likeness (QED) is 0.784. The van der Waals surface area contributed by atoms with E-state index < -0.39 is 0 Å². The standard InChI is InChI=1S/C21H26ClN3O2/c1-2-24-14-16(13-23-24)20-18(7-5-11-27-20)21(26)25-10-4-3-6-15-12-17(22)8-9-19(15)25/h8-9,12-14,18,20H,2-7,10-11H2,1H3/t18-,20+/m1/s1. The summed E-state index contributed by atoms with van der Waals surface area (Å²) in [6.45, 7) is 4.31. The highest BCUT2D eigenvalue weighted by atomic mass is 35.5. The Morgan fingerprint density at radius 2 is 2.22 bits per heavy atom. The molecule has 0 aliphatic carbocycles. The molecule has 2 aromatic rings. The number of carbonyl (C=O) groups is 1.